The number of nitrogens with one attached hydrogen (secondary N) is 2. The largest absolute Gasteiger partial charge is 0.497 e. The maximum Gasteiger partial charge on any atom is 0.233 e. The van der Waals surface area contributed by atoms with Crippen molar-refractivity contribution in [3.63, 3.8) is 0 Å². The number of carbonyl (C=O) groups is 1. The van der Waals surface area contributed by atoms with Crippen molar-refractivity contribution in [3.8, 4) is 5.75 Å². The molecule has 0 heterocycles. The smallest absolute Gasteiger partial charge is 0.233 e. The van der Waals surface area contributed by atoms with E-state index in [-0.39, 0.29) is 11.2 Å². The molecule has 1 aromatic carbocycles. The van der Waals surface area contributed by atoms with Gasteiger partial charge in [0.15, 0.2) is 0 Å². The van der Waals surface area contributed by atoms with E-state index in [1.165, 1.54) is 11.8 Å². The molecule has 1 aromatic rings. The van der Waals surface area contributed by atoms with E-state index in [0.717, 1.165) is 23.7 Å². The summed E-state index contributed by atoms with van der Waals surface area (Å²) in [5.74, 6) is 0.864. The fourth-order valence-corrected chi connectivity index (χ4v) is 2.52. The Balaban J connectivity index is 2.23. The van der Waals surface area contributed by atoms with Crippen LogP contribution in [-0.4, -0.2) is 51.6 Å². The monoisotopic (exact) mass is 312 g/mol. The van der Waals surface area contributed by atoms with E-state index in [1.54, 1.807) is 14.2 Å². The lowest BCUT2D eigenvalue weighted by atomic mass is 10.3. The predicted molar refractivity (Wildman–Crippen MR) is 86.1 cm³/mol. The van der Waals surface area contributed by atoms with Crippen LogP contribution in [0.2, 0.25) is 0 Å². The maximum absolute atomic E-state index is 12.0. The van der Waals surface area contributed by atoms with Gasteiger partial charge in [0, 0.05) is 31.6 Å². The average molecular weight is 312 g/mol. The van der Waals surface area contributed by atoms with Crippen molar-refractivity contribution < 1.29 is 14.3 Å². The predicted octanol–water partition coefficient (Wildman–Crippen LogP) is 1.53. The maximum atomic E-state index is 12.0. The van der Waals surface area contributed by atoms with Gasteiger partial charge in [-0.15, -0.1) is 11.8 Å². The number of rotatable bonds is 10. The molecular weight excluding hydrogens is 288 g/mol. The van der Waals surface area contributed by atoms with Gasteiger partial charge in [0.25, 0.3) is 0 Å². The van der Waals surface area contributed by atoms with E-state index in [2.05, 4.69) is 10.6 Å². The average Bonchev–Trinajstić information content (AvgIpc) is 2.51. The first-order chi connectivity index (χ1) is 10.2. The first-order valence-electron chi connectivity index (χ1n) is 6.95. The summed E-state index contributed by atoms with van der Waals surface area (Å²) in [6.07, 6.45) is 0. The highest BCUT2D eigenvalue weighted by molar-refractivity contribution is 8.00. The lowest BCUT2D eigenvalue weighted by Gasteiger charge is -2.12. The first kappa shape index (κ1) is 17.8. The highest BCUT2D eigenvalue weighted by Crippen LogP contribution is 2.25. The normalized spacial score (nSPS) is 12.0. The Morgan fingerprint density at radius 1 is 1.19 bits per heavy atom. The van der Waals surface area contributed by atoms with Gasteiger partial charge in [-0.25, -0.2) is 0 Å². The van der Waals surface area contributed by atoms with E-state index in [1.807, 2.05) is 31.2 Å². The summed E-state index contributed by atoms with van der Waals surface area (Å²) < 4.78 is 10.0. The van der Waals surface area contributed by atoms with E-state index in [0.29, 0.717) is 13.2 Å². The lowest BCUT2D eigenvalue weighted by molar-refractivity contribution is -0.120. The van der Waals surface area contributed by atoms with Crippen molar-refractivity contribution in [2.24, 2.45) is 0 Å². The first-order valence-corrected chi connectivity index (χ1v) is 7.83. The third-order valence-electron chi connectivity index (χ3n) is 2.83. The third-order valence-corrected chi connectivity index (χ3v) is 3.94. The Morgan fingerprint density at radius 2 is 1.90 bits per heavy atom. The quantitative estimate of drug-likeness (QED) is 0.507. The van der Waals surface area contributed by atoms with Gasteiger partial charge in [0.2, 0.25) is 5.91 Å². The van der Waals surface area contributed by atoms with Gasteiger partial charge in [-0.2, -0.15) is 0 Å². The summed E-state index contributed by atoms with van der Waals surface area (Å²) in [4.78, 5) is 13.0. The van der Waals surface area contributed by atoms with Gasteiger partial charge >= 0.3 is 0 Å². The van der Waals surface area contributed by atoms with Gasteiger partial charge in [-0.1, -0.05) is 0 Å². The van der Waals surface area contributed by atoms with Crippen molar-refractivity contribution in [1.82, 2.24) is 10.6 Å². The van der Waals surface area contributed by atoms with E-state index in [9.17, 15) is 4.79 Å². The fourth-order valence-electron chi connectivity index (χ4n) is 1.63. The Morgan fingerprint density at radius 3 is 2.52 bits per heavy atom. The molecule has 6 heteroatoms. The van der Waals surface area contributed by atoms with Crippen LogP contribution in [0.3, 0.4) is 0 Å². The Labute approximate surface area is 130 Å². The molecule has 0 bridgehead atoms. The Kier molecular flexibility index (Phi) is 8.89. The second-order valence-electron chi connectivity index (χ2n) is 4.47. The highest BCUT2D eigenvalue weighted by Gasteiger charge is 2.13. The van der Waals surface area contributed by atoms with Crippen LogP contribution in [0.4, 0.5) is 0 Å². The van der Waals surface area contributed by atoms with Crippen molar-refractivity contribution in [2.45, 2.75) is 17.1 Å². The molecule has 1 atom stereocenters. The van der Waals surface area contributed by atoms with Crippen LogP contribution >= 0.6 is 11.8 Å². The number of thioether (sulfide) groups is 1. The molecule has 0 spiro atoms. The standard InChI is InChI=1S/C15H24N2O3S/c1-12(15(18)17-9-8-16-10-11-19-2)21-14-6-4-13(20-3)5-7-14/h4-7,12,16H,8-11H2,1-3H3,(H,17,18). The van der Waals surface area contributed by atoms with Crippen LogP contribution in [0, 0.1) is 0 Å². The molecule has 0 radical (unpaired) electrons. The lowest BCUT2D eigenvalue weighted by Crippen LogP contribution is -2.36. The second kappa shape index (κ2) is 10.5. The zero-order valence-corrected chi connectivity index (χ0v) is 13.7. The van der Waals surface area contributed by atoms with Gasteiger partial charge in [-0.3, -0.25) is 4.79 Å². The molecule has 0 aliphatic rings. The van der Waals surface area contributed by atoms with Crippen LogP contribution in [0.1, 0.15) is 6.92 Å². The summed E-state index contributed by atoms with van der Waals surface area (Å²) in [7, 11) is 3.31. The molecule has 1 unspecified atom stereocenters. The summed E-state index contributed by atoms with van der Waals surface area (Å²) in [5, 5.41) is 5.97. The van der Waals surface area contributed by atoms with Crippen molar-refractivity contribution >= 4 is 17.7 Å². The third kappa shape index (κ3) is 7.36. The zero-order valence-electron chi connectivity index (χ0n) is 12.8. The number of carbonyl (C=O) groups excluding carboxylic acids is 1. The molecule has 1 amide bonds. The summed E-state index contributed by atoms with van der Waals surface area (Å²) in [6.45, 7) is 4.74. The molecule has 0 aliphatic heterocycles. The van der Waals surface area contributed by atoms with Crippen LogP contribution < -0.4 is 15.4 Å². The number of benzene rings is 1. The number of hydrogen-bond acceptors (Lipinski definition) is 5. The van der Waals surface area contributed by atoms with Crippen LogP contribution in [0.15, 0.2) is 29.2 Å². The van der Waals surface area contributed by atoms with Crippen LogP contribution in [-0.2, 0) is 9.53 Å². The molecule has 0 fully saturated rings. The van der Waals surface area contributed by atoms with Gasteiger partial charge in [0.05, 0.1) is 19.0 Å². The van der Waals surface area contributed by atoms with Crippen LogP contribution in [0.5, 0.6) is 5.75 Å². The molecular formula is C15H24N2O3S. The minimum atomic E-state index is -0.127. The molecule has 0 saturated heterocycles. The molecule has 118 valence electrons. The highest BCUT2D eigenvalue weighted by atomic mass is 32.2. The van der Waals surface area contributed by atoms with Crippen LogP contribution in [0.25, 0.3) is 0 Å². The molecule has 21 heavy (non-hydrogen) atoms. The zero-order chi connectivity index (χ0) is 15.5. The SMILES string of the molecule is COCCNCCNC(=O)C(C)Sc1ccc(OC)cc1. The molecule has 0 aromatic heterocycles. The second-order valence-corrected chi connectivity index (χ2v) is 5.88. The number of amides is 1. The van der Waals surface area contributed by atoms with E-state index < -0.39 is 0 Å². The molecule has 5 nitrogen and oxygen atoms in total. The minimum absolute atomic E-state index is 0.0457. The minimum Gasteiger partial charge on any atom is -0.497 e. The number of ether oxygens (including phenoxy) is 2. The van der Waals surface area contributed by atoms with Crippen molar-refractivity contribution in [3.05, 3.63) is 24.3 Å². The van der Waals surface area contributed by atoms with E-state index in [4.69, 9.17) is 9.47 Å². The van der Waals surface area contributed by atoms with E-state index >= 15 is 0 Å². The Bertz CT molecular complexity index is 412. The summed E-state index contributed by atoms with van der Waals surface area (Å²) >= 11 is 1.53. The molecule has 2 N–H and O–H groups in total. The molecule has 0 saturated carbocycles. The van der Waals surface area contributed by atoms with Crippen molar-refractivity contribution in [1.29, 1.82) is 0 Å². The topological polar surface area (TPSA) is 59.6 Å². The summed E-state index contributed by atoms with van der Waals surface area (Å²) in [6, 6.07) is 7.71. The van der Waals surface area contributed by atoms with Gasteiger partial charge < -0.3 is 20.1 Å². The Hall–Kier alpha value is -1.24. The fraction of sp³-hybridized carbons (Fsp3) is 0.533. The molecule has 0 aliphatic carbocycles. The summed E-state index contributed by atoms with van der Waals surface area (Å²) in [5.41, 5.74) is 0. The molecule has 1 rings (SSSR count). The van der Waals surface area contributed by atoms with Gasteiger partial charge in [-0.05, 0) is 31.2 Å². The van der Waals surface area contributed by atoms with Gasteiger partial charge in [0.1, 0.15) is 5.75 Å². The number of hydrogen-bond donors (Lipinski definition) is 2. The van der Waals surface area contributed by atoms with Crippen molar-refractivity contribution in [2.75, 3.05) is 40.5 Å². The number of methoxy groups -OCH3 is 2.